The Balaban J connectivity index is 2.48. The maximum atomic E-state index is 3.76. The Labute approximate surface area is 84.4 Å². The van der Waals surface area contributed by atoms with Gasteiger partial charge in [-0.2, -0.15) is 0 Å². The van der Waals surface area contributed by atoms with Gasteiger partial charge in [0.05, 0.1) is 0 Å². The summed E-state index contributed by atoms with van der Waals surface area (Å²) >= 11 is 1.82. The first-order chi connectivity index (χ1) is 6.36. The Bertz CT molecular complexity index is 285. The van der Waals surface area contributed by atoms with Gasteiger partial charge in [-0.1, -0.05) is 49.1 Å². The van der Waals surface area contributed by atoms with Crippen LogP contribution in [0.5, 0.6) is 0 Å². The molecule has 0 saturated heterocycles. The lowest BCUT2D eigenvalue weighted by atomic mass is 10.2. The summed E-state index contributed by atoms with van der Waals surface area (Å²) in [5.41, 5.74) is 1.36. The maximum absolute atomic E-state index is 3.76. The molecule has 0 heterocycles. The average Bonchev–Trinajstić information content (AvgIpc) is 2.21. The minimum atomic E-state index is 1.02. The molecular formula is C12H14S. The molecule has 0 aliphatic heterocycles. The fourth-order valence-corrected chi connectivity index (χ4v) is 1.81. The summed E-state index contributed by atoms with van der Waals surface area (Å²) in [5, 5.41) is 0. The van der Waals surface area contributed by atoms with E-state index in [4.69, 9.17) is 0 Å². The third-order valence-corrected chi connectivity index (χ3v) is 2.95. The van der Waals surface area contributed by atoms with E-state index < -0.39 is 0 Å². The number of hydrogen-bond acceptors (Lipinski definition) is 1. The molecule has 0 nitrogen and oxygen atoms in total. The molecule has 68 valence electrons. The Hall–Kier alpha value is -0.950. The van der Waals surface area contributed by atoms with Gasteiger partial charge in [-0.3, -0.25) is 0 Å². The van der Waals surface area contributed by atoms with Crippen molar-refractivity contribution in [1.82, 2.24) is 0 Å². The van der Waals surface area contributed by atoms with Gasteiger partial charge >= 0.3 is 0 Å². The molecule has 0 bridgehead atoms. The normalized spacial score (nSPS) is 11.3. The maximum Gasteiger partial charge on any atom is 0.0231 e. The second kappa shape index (κ2) is 5.65. The molecule has 1 heteroatoms. The molecule has 1 aromatic rings. The van der Waals surface area contributed by atoms with E-state index in [0.717, 1.165) is 5.75 Å². The Morgan fingerprint density at radius 3 is 2.62 bits per heavy atom. The summed E-state index contributed by atoms with van der Waals surface area (Å²) in [5.74, 6) is 1.02. The standard InChI is InChI=1S/C12H14S/c1-3-12(4-2)13-10-11-8-6-5-7-9-11/h3-9H,1,10H2,2H3/b12-4+. The molecule has 0 saturated carbocycles. The number of thioether (sulfide) groups is 1. The van der Waals surface area contributed by atoms with Crippen LogP contribution in [0, 0.1) is 0 Å². The Morgan fingerprint density at radius 1 is 1.38 bits per heavy atom. The van der Waals surface area contributed by atoms with Crippen molar-refractivity contribution < 1.29 is 0 Å². The molecule has 0 aromatic heterocycles. The lowest BCUT2D eigenvalue weighted by molar-refractivity contribution is 1.42. The van der Waals surface area contributed by atoms with Crippen LogP contribution in [-0.4, -0.2) is 0 Å². The summed E-state index contributed by atoms with van der Waals surface area (Å²) in [6.45, 7) is 5.79. The van der Waals surface area contributed by atoms with Crippen molar-refractivity contribution in [2.24, 2.45) is 0 Å². The minimum absolute atomic E-state index is 1.02. The van der Waals surface area contributed by atoms with Crippen LogP contribution in [-0.2, 0) is 5.75 Å². The quantitative estimate of drug-likeness (QED) is 0.646. The van der Waals surface area contributed by atoms with E-state index in [0.29, 0.717) is 0 Å². The molecule has 0 amide bonds. The summed E-state index contributed by atoms with van der Waals surface area (Å²) < 4.78 is 0. The summed E-state index contributed by atoms with van der Waals surface area (Å²) in [7, 11) is 0. The van der Waals surface area contributed by atoms with E-state index in [2.05, 4.69) is 36.9 Å². The van der Waals surface area contributed by atoms with Crippen LogP contribution in [0.15, 0.2) is 54.0 Å². The number of hydrogen-bond donors (Lipinski definition) is 0. The van der Waals surface area contributed by atoms with Crippen molar-refractivity contribution in [3.05, 3.63) is 59.5 Å². The zero-order valence-electron chi connectivity index (χ0n) is 7.86. The molecule has 0 aliphatic carbocycles. The summed E-state index contributed by atoms with van der Waals surface area (Å²) in [4.78, 5) is 1.24. The van der Waals surface area contributed by atoms with Gasteiger partial charge in [-0.05, 0) is 12.5 Å². The lowest BCUT2D eigenvalue weighted by Crippen LogP contribution is -1.78. The minimum Gasteiger partial charge on any atom is -0.122 e. The largest absolute Gasteiger partial charge is 0.122 e. The first-order valence-corrected chi connectivity index (χ1v) is 5.31. The van der Waals surface area contributed by atoms with Crippen LogP contribution in [0.1, 0.15) is 12.5 Å². The molecule has 0 atom stereocenters. The number of rotatable bonds is 4. The van der Waals surface area contributed by atoms with Gasteiger partial charge in [0.1, 0.15) is 0 Å². The highest BCUT2D eigenvalue weighted by Crippen LogP contribution is 2.21. The van der Waals surface area contributed by atoms with E-state index in [1.807, 2.05) is 30.8 Å². The molecule has 0 aliphatic rings. The molecule has 0 fully saturated rings. The van der Waals surface area contributed by atoms with Crippen molar-refractivity contribution in [3.8, 4) is 0 Å². The Kier molecular flexibility index (Phi) is 4.41. The van der Waals surface area contributed by atoms with E-state index in [9.17, 15) is 0 Å². The van der Waals surface area contributed by atoms with E-state index in [1.165, 1.54) is 10.5 Å². The van der Waals surface area contributed by atoms with Crippen molar-refractivity contribution >= 4 is 11.8 Å². The van der Waals surface area contributed by atoms with Crippen LogP contribution in [0.2, 0.25) is 0 Å². The van der Waals surface area contributed by atoms with E-state index >= 15 is 0 Å². The SMILES string of the molecule is C=C/C(=C\C)SCc1ccccc1. The predicted molar refractivity (Wildman–Crippen MR) is 61.7 cm³/mol. The van der Waals surface area contributed by atoms with Crippen LogP contribution >= 0.6 is 11.8 Å². The zero-order valence-corrected chi connectivity index (χ0v) is 8.68. The Morgan fingerprint density at radius 2 is 2.08 bits per heavy atom. The molecule has 0 spiro atoms. The summed E-state index contributed by atoms with van der Waals surface area (Å²) in [6.07, 6.45) is 3.98. The van der Waals surface area contributed by atoms with Gasteiger partial charge in [0.15, 0.2) is 0 Å². The second-order valence-corrected chi connectivity index (χ2v) is 3.72. The molecular weight excluding hydrogens is 176 g/mol. The van der Waals surface area contributed by atoms with E-state index in [-0.39, 0.29) is 0 Å². The van der Waals surface area contributed by atoms with Crippen LogP contribution < -0.4 is 0 Å². The van der Waals surface area contributed by atoms with Crippen molar-refractivity contribution in [2.75, 3.05) is 0 Å². The fourth-order valence-electron chi connectivity index (χ4n) is 1.00. The van der Waals surface area contributed by atoms with Crippen LogP contribution in [0.3, 0.4) is 0 Å². The first-order valence-electron chi connectivity index (χ1n) is 4.32. The average molecular weight is 190 g/mol. The molecule has 0 radical (unpaired) electrons. The van der Waals surface area contributed by atoms with Gasteiger partial charge in [0.2, 0.25) is 0 Å². The topological polar surface area (TPSA) is 0 Å². The van der Waals surface area contributed by atoms with Crippen molar-refractivity contribution in [1.29, 1.82) is 0 Å². The number of allylic oxidation sites excluding steroid dienone is 2. The molecule has 1 rings (SSSR count). The second-order valence-electron chi connectivity index (χ2n) is 2.67. The van der Waals surface area contributed by atoms with Gasteiger partial charge in [0.25, 0.3) is 0 Å². The van der Waals surface area contributed by atoms with E-state index in [1.54, 1.807) is 0 Å². The highest BCUT2D eigenvalue weighted by molar-refractivity contribution is 8.02. The smallest absolute Gasteiger partial charge is 0.0231 e. The van der Waals surface area contributed by atoms with Crippen LogP contribution in [0.4, 0.5) is 0 Å². The third kappa shape index (κ3) is 3.51. The molecule has 13 heavy (non-hydrogen) atoms. The zero-order chi connectivity index (χ0) is 9.52. The fraction of sp³-hybridized carbons (Fsp3) is 0.167. The highest BCUT2D eigenvalue weighted by Gasteiger charge is 1.93. The third-order valence-electron chi connectivity index (χ3n) is 1.73. The van der Waals surface area contributed by atoms with Gasteiger partial charge in [-0.25, -0.2) is 0 Å². The van der Waals surface area contributed by atoms with Crippen molar-refractivity contribution in [3.63, 3.8) is 0 Å². The molecule has 1 aromatic carbocycles. The van der Waals surface area contributed by atoms with Crippen molar-refractivity contribution in [2.45, 2.75) is 12.7 Å². The lowest BCUT2D eigenvalue weighted by Gasteiger charge is -2.01. The monoisotopic (exact) mass is 190 g/mol. The summed E-state index contributed by atoms with van der Waals surface area (Å²) in [6, 6.07) is 10.5. The van der Waals surface area contributed by atoms with Gasteiger partial charge < -0.3 is 0 Å². The highest BCUT2D eigenvalue weighted by atomic mass is 32.2. The predicted octanol–water partition coefficient (Wildman–Crippen LogP) is 4.01. The molecule has 0 N–H and O–H groups in total. The number of benzene rings is 1. The first kappa shape index (κ1) is 10.1. The molecule has 0 unspecified atom stereocenters. The van der Waals surface area contributed by atoms with Gasteiger partial charge in [0, 0.05) is 10.7 Å². The van der Waals surface area contributed by atoms with Gasteiger partial charge in [-0.15, -0.1) is 11.8 Å². The van der Waals surface area contributed by atoms with Crippen LogP contribution in [0.25, 0.3) is 0 Å².